The fourth-order valence-electron chi connectivity index (χ4n) is 1.93. The van der Waals surface area contributed by atoms with Crippen molar-refractivity contribution in [3.63, 3.8) is 0 Å². The Labute approximate surface area is 92.9 Å². The van der Waals surface area contributed by atoms with Gasteiger partial charge in [-0.1, -0.05) is 11.6 Å². The highest BCUT2D eigenvalue weighted by Gasteiger charge is 2.28. The quantitative estimate of drug-likeness (QED) is 0.846. The zero-order chi connectivity index (χ0) is 10.4. The standard InChI is InChI=1S/C11H12ClN3/c12-8-3-4-10-9(5-13)14-11(7-1-2-7)15(10)6-8/h3-4,6-7H,1-2,5,13H2. The molecule has 0 unspecified atom stereocenters. The molecule has 0 amide bonds. The SMILES string of the molecule is NCc1nc(C2CC2)n2cc(Cl)ccc12. The zero-order valence-corrected chi connectivity index (χ0v) is 9.04. The Morgan fingerprint density at radius 2 is 2.27 bits per heavy atom. The molecule has 0 aliphatic heterocycles. The van der Waals surface area contributed by atoms with Crippen LogP contribution in [-0.2, 0) is 6.54 Å². The topological polar surface area (TPSA) is 43.3 Å². The number of halogens is 1. The first kappa shape index (κ1) is 9.19. The van der Waals surface area contributed by atoms with Gasteiger partial charge in [0.1, 0.15) is 5.82 Å². The van der Waals surface area contributed by atoms with Gasteiger partial charge in [0, 0.05) is 18.7 Å². The molecule has 1 aliphatic rings. The fraction of sp³-hybridized carbons (Fsp3) is 0.364. The van der Waals surface area contributed by atoms with Crippen molar-refractivity contribution >= 4 is 17.1 Å². The van der Waals surface area contributed by atoms with E-state index in [4.69, 9.17) is 17.3 Å². The zero-order valence-electron chi connectivity index (χ0n) is 8.28. The van der Waals surface area contributed by atoms with Crippen LogP contribution in [0.15, 0.2) is 18.3 Å². The third-order valence-electron chi connectivity index (χ3n) is 2.84. The first-order valence-electron chi connectivity index (χ1n) is 5.16. The highest BCUT2D eigenvalue weighted by atomic mass is 35.5. The molecule has 2 heterocycles. The van der Waals surface area contributed by atoms with E-state index in [1.807, 2.05) is 18.3 Å². The molecule has 4 heteroatoms. The number of hydrogen-bond acceptors (Lipinski definition) is 2. The highest BCUT2D eigenvalue weighted by Crippen LogP contribution is 2.40. The van der Waals surface area contributed by atoms with Crippen LogP contribution in [0.4, 0.5) is 0 Å². The second-order valence-corrected chi connectivity index (χ2v) is 4.43. The van der Waals surface area contributed by atoms with Crippen LogP contribution in [0.5, 0.6) is 0 Å². The summed E-state index contributed by atoms with van der Waals surface area (Å²) in [6.45, 7) is 0.484. The van der Waals surface area contributed by atoms with E-state index in [1.54, 1.807) is 0 Å². The molecule has 0 atom stereocenters. The molecular weight excluding hydrogens is 210 g/mol. The predicted molar refractivity (Wildman–Crippen MR) is 60.1 cm³/mol. The molecule has 0 aromatic carbocycles. The molecule has 1 saturated carbocycles. The molecule has 1 aliphatic carbocycles. The first-order valence-corrected chi connectivity index (χ1v) is 5.54. The van der Waals surface area contributed by atoms with E-state index < -0.39 is 0 Å². The molecule has 0 radical (unpaired) electrons. The van der Waals surface area contributed by atoms with Crippen LogP contribution in [0.3, 0.4) is 0 Å². The number of fused-ring (bicyclic) bond motifs is 1. The lowest BCUT2D eigenvalue weighted by atomic mass is 10.3. The monoisotopic (exact) mass is 221 g/mol. The third kappa shape index (κ3) is 1.43. The van der Waals surface area contributed by atoms with E-state index in [-0.39, 0.29) is 0 Å². The van der Waals surface area contributed by atoms with Gasteiger partial charge in [-0.2, -0.15) is 0 Å². The van der Waals surface area contributed by atoms with Gasteiger partial charge in [0.15, 0.2) is 0 Å². The molecule has 2 aromatic rings. The number of hydrogen-bond donors (Lipinski definition) is 1. The van der Waals surface area contributed by atoms with Gasteiger partial charge in [0.05, 0.1) is 16.2 Å². The molecule has 2 aromatic heterocycles. The van der Waals surface area contributed by atoms with Crippen LogP contribution in [0.25, 0.3) is 5.52 Å². The van der Waals surface area contributed by atoms with Gasteiger partial charge < -0.3 is 10.1 Å². The molecule has 0 bridgehead atoms. The summed E-state index contributed by atoms with van der Waals surface area (Å²) in [6.07, 6.45) is 4.39. The summed E-state index contributed by atoms with van der Waals surface area (Å²) >= 11 is 5.99. The molecule has 3 rings (SSSR count). The maximum absolute atomic E-state index is 5.99. The summed E-state index contributed by atoms with van der Waals surface area (Å²) in [5.41, 5.74) is 7.73. The van der Waals surface area contributed by atoms with Crippen LogP contribution in [0.1, 0.15) is 30.3 Å². The van der Waals surface area contributed by atoms with E-state index in [0.717, 1.165) is 22.1 Å². The van der Waals surface area contributed by atoms with Crippen molar-refractivity contribution in [2.24, 2.45) is 5.73 Å². The van der Waals surface area contributed by atoms with Crippen molar-refractivity contribution < 1.29 is 0 Å². The number of imidazole rings is 1. The maximum Gasteiger partial charge on any atom is 0.116 e. The Balaban J connectivity index is 2.29. The van der Waals surface area contributed by atoms with Crippen LogP contribution >= 0.6 is 11.6 Å². The third-order valence-corrected chi connectivity index (χ3v) is 3.06. The molecule has 2 N–H and O–H groups in total. The minimum absolute atomic E-state index is 0.484. The fourth-order valence-corrected chi connectivity index (χ4v) is 2.09. The lowest BCUT2D eigenvalue weighted by Crippen LogP contribution is -1.96. The van der Waals surface area contributed by atoms with Crippen molar-refractivity contribution in [2.75, 3.05) is 0 Å². The second-order valence-electron chi connectivity index (χ2n) is 4.00. The summed E-state index contributed by atoms with van der Waals surface area (Å²) in [4.78, 5) is 4.59. The number of aromatic nitrogens is 2. The molecule has 0 saturated heterocycles. The van der Waals surface area contributed by atoms with E-state index >= 15 is 0 Å². The minimum atomic E-state index is 0.484. The van der Waals surface area contributed by atoms with Gasteiger partial charge in [-0.3, -0.25) is 0 Å². The van der Waals surface area contributed by atoms with E-state index in [2.05, 4.69) is 9.38 Å². The summed E-state index contributed by atoms with van der Waals surface area (Å²) in [5, 5.41) is 0.741. The van der Waals surface area contributed by atoms with E-state index in [0.29, 0.717) is 12.5 Å². The normalized spacial score (nSPS) is 16.1. The summed E-state index contributed by atoms with van der Waals surface area (Å²) in [7, 11) is 0. The first-order chi connectivity index (χ1) is 7.29. The van der Waals surface area contributed by atoms with Gasteiger partial charge in [-0.25, -0.2) is 4.98 Å². The number of pyridine rings is 1. The van der Waals surface area contributed by atoms with Gasteiger partial charge in [0.2, 0.25) is 0 Å². The maximum atomic E-state index is 5.99. The van der Waals surface area contributed by atoms with Gasteiger partial charge in [-0.15, -0.1) is 0 Å². The minimum Gasteiger partial charge on any atom is -0.325 e. The van der Waals surface area contributed by atoms with Crippen molar-refractivity contribution in [1.29, 1.82) is 0 Å². The molecule has 78 valence electrons. The van der Waals surface area contributed by atoms with Gasteiger partial charge in [-0.05, 0) is 25.0 Å². The molecule has 15 heavy (non-hydrogen) atoms. The number of rotatable bonds is 2. The summed E-state index contributed by atoms with van der Waals surface area (Å²) in [6, 6.07) is 3.87. The van der Waals surface area contributed by atoms with Crippen molar-refractivity contribution in [2.45, 2.75) is 25.3 Å². The van der Waals surface area contributed by atoms with Crippen molar-refractivity contribution in [3.05, 3.63) is 34.9 Å². The van der Waals surface area contributed by atoms with Crippen molar-refractivity contribution in [1.82, 2.24) is 9.38 Å². The molecule has 0 spiro atoms. The van der Waals surface area contributed by atoms with Crippen LogP contribution in [0.2, 0.25) is 5.02 Å². The largest absolute Gasteiger partial charge is 0.325 e. The van der Waals surface area contributed by atoms with E-state index in [9.17, 15) is 0 Å². The smallest absolute Gasteiger partial charge is 0.116 e. The molecule has 1 fully saturated rings. The Bertz CT molecular complexity index is 514. The van der Waals surface area contributed by atoms with E-state index in [1.165, 1.54) is 12.8 Å². The van der Waals surface area contributed by atoms with Gasteiger partial charge in [0.25, 0.3) is 0 Å². The Kier molecular flexibility index (Phi) is 1.97. The van der Waals surface area contributed by atoms with Gasteiger partial charge >= 0.3 is 0 Å². The highest BCUT2D eigenvalue weighted by molar-refractivity contribution is 6.30. The number of nitrogens with zero attached hydrogens (tertiary/aromatic N) is 2. The Morgan fingerprint density at radius 3 is 2.93 bits per heavy atom. The average Bonchev–Trinajstić information content (AvgIpc) is 3.00. The lowest BCUT2D eigenvalue weighted by molar-refractivity contribution is 0.904. The predicted octanol–water partition coefficient (Wildman–Crippen LogP) is 2.32. The Hall–Kier alpha value is -1.06. The summed E-state index contributed by atoms with van der Waals surface area (Å²) in [5.74, 6) is 1.73. The molecular formula is C11H12ClN3. The van der Waals surface area contributed by atoms with Crippen LogP contribution in [-0.4, -0.2) is 9.38 Å². The second kappa shape index (κ2) is 3.22. The number of nitrogens with two attached hydrogens (primary N) is 1. The van der Waals surface area contributed by atoms with Crippen LogP contribution in [0, 0.1) is 0 Å². The Morgan fingerprint density at radius 1 is 1.47 bits per heavy atom. The van der Waals surface area contributed by atoms with Crippen molar-refractivity contribution in [3.8, 4) is 0 Å². The van der Waals surface area contributed by atoms with Crippen LogP contribution < -0.4 is 5.73 Å². The summed E-state index contributed by atoms with van der Waals surface area (Å²) < 4.78 is 2.09. The molecule has 3 nitrogen and oxygen atoms in total. The average molecular weight is 222 g/mol. The lowest BCUT2D eigenvalue weighted by Gasteiger charge is -1.99.